The number of halogens is 3. The van der Waals surface area contributed by atoms with Gasteiger partial charge in [-0.2, -0.15) is 13.2 Å². The summed E-state index contributed by atoms with van der Waals surface area (Å²) in [4.78, 5) is 14.0. The minimum Gasteiger partial charge on any atom is -0.484 e. The van der Waals surface area contributed by atoms with E-state index in [1.54, 1.807) is 24.8 Å². The van der Waals surface area contributed by atoms with Gasteiger partial charge in [-0.3, -0.25) is 0 Å². The number of nitrogens with one attached hydrogen (secondary N) is 1. The van der Waals surface area contributed by atoms with Crippen LogP contribution in [0.3, 0.4) is 0 Å². The van der Waals surface area contributed by atoms with Crippen molar-refractivity contribution in [2.45, 2.75) is 38.4 Å². The number of ether oxygens (including phenoxy) is 1. The number of hydrogen-bond donors (Lipinski definition) is 2. The number of rotatable bonds is 4. The van der Waals surface area contributed by atoms with Gasteiger partial charge in [-0.1, -0.05) is 6.07 Å². The smallest absolute Gasteiger partial charge is 0.422 e. The van der Waals surface area contributed by atoms with Gasteiger partial charge in [-0.15, -0.1) is 0 Å². The predicted octanol–water partition coefficient (Wildman–Crippen LogP) is 3.31. The maximum Gasteiger partial charge on any atom is 0.422 e. The molecule has 1 heterocycles. The maximum atomic E-state index is 12.5. The first-order valence-corrected chi connectivity index (χ1v) is 7.65. The van der Waals surface area contributed by atoms with Crippen LogP contribution in [-0.2, 0) is 0 Å². The van der Waals surface area contributed by atoms with E-state index in [0.717, 1.165) is 6.42 Å². The van der Waals surface area contributed by atoms with Crippen LogP contribution in [0.15, 0.2) is 18.2 Å². The number of anilines is 1. The zero-order valence-electron chi connectivity index (χ0n) is 13.6. The average Bonchev–Trinajstić information content (AvgIpc) is 2.90. The number of urea groups is 1. The number of nitrogens with zero attached hydrogens (tertiary/aromatic N) is 1. The SMILES string of the molecule is Cc1c(NC(=O)N2CCC[C@]2(C)CO)cccc1OCC(F)(F)F. The Kier molecular flexibility index (Phi) is 5.27. The standard InChI is InChI=1S/C16H21F3N2O3/c1-11-12(5-3-6-13(11)24-10-16(17,18)19)20-14(23)21-8-4-7-15(21,2)9-22/h3,5-6,22H,4,7-10H2,1-2H3,(H,20,23)/t15-/m1/s1. The Morgan fingerprint density at radius 1 is 1.46 bits per heavy atom. The van der Waals surface area contributed by atoms with E-state index in [9.17, 15) is 23.1 Å². The Morgan fingerprint density at radius 2 is 2.17 bits per heavy atom. The lowest BCUT2D eigenvalue weighted by Gasteiger charge is -2.33. The largest absolute Gasteiger partial charge is 0.484 e. The number of aliphatic hydroxyl groups is 1. The third kappa shape index (κ3) is 4.11. The molecule has 1 fully saturated rings. The molecular weight excluding hydrogens is 325 g/mol. The van der Waals surface area contributed by atoms with E-state index in [2.05, 4.69) is 5.32 Å². The molecule has 0 bridgehead atoms. The molecule has 2 rings (SSSR count). The Hall–Kier alpha value is -1.96. The molecule has 0 spiro atoms. The third-order valence-electron chi connectivity index (χ3n) is 4.25. The Balaban J connectivity index is 2.11. The molecule has 0 saturated carbocycles. The van der Waals surface area contributed by atoms with Crippen LogP contribution in [0.2, 0.25) is 0 Å². The summed E-state index contributed by atoms with van der Waals surface area (Å²) in [5.74, 6) is 0.0662. The van der Waals surface area contributed by atoms with Crippen molar-refractivity contribution in [2.75, 3.05) is 25.1 Å². The number of carbonyl (C=O) groups is 1. The topological polar surface area (TPSA) is 61.8 Å². The number of carbonyl (C=O) groups excluding carboxylic acids is 1. The van der Waals surface area contributed by atoms with Crippen molar-refractivity contribution < 1.29 is 27.8 Å². The summed E-state index contributed by atoms with van der Waals surface area (Å²) in [5, 5.41) is 12.2. The lowest BCUT2D eigenvalue weighted by molar-refractivity contribution is -0.153. The van der Waals surface area contributed by atoms with Gasteiger partial charge in [-0.05, 0) is 38.8 Å². The first kappa shape index (κ1) is 18.4. The summed E-state index contributed by atoms with van der Waals surface area (Å²) in [7, 11) is 0. The van der Waals surface area contributed by atoms with Crippen LogP contribution in [0.5, 0.6) is 5.75 Å². The predicted molar refractivity (Wildman–Crippen MR) is 83.2 cm³/mol. The molecule has 0 aliphatic carbocycles. The fourth-order valence-electron chi connectivity index (χ4n) is 2.78. The molecule has 1 aromatic rings. The van der Waals surface area contributed by atoms with Crippen molar-refractivity contribution in [3.63, 3.8) is 0 Å². The zero-order chi connectivity index (χ0) is 18.0. The average molecular weight is 346 g/mol. The Morgan fingerprint density at radius 3 is 2.79 bits per heavy atom. The quantitative estimate of drug-likeness (QED) is 0.879. The highest BCUT2D eigenvalue weighted by atomic mass is 19.4. The number of likely N-dealkylation sites (tertiary alicyclic amines) is 1. The second-order valence-corrected chi connectivity index (χ2v) is 6.17. The molecule has 0 unspecified atom stereocenters. The van der Waals surface area contributed by atoms with E-state index in [1.165, 1.54) is 12.1 Å². The minimum atomic E-state index is -4.43. The molecule has 1 aliphatic rings. The van der Waals surface area contributed by atoms with E-state index >= 15 is 0 Å². The second kappa shape index (κ2) is 6.88. The van der Waals surface area contributed by atoms with Crippen LogP contribution in [0, 0.1) is 6.92 Å². The van der Waals surface area contributed by atoms with Gasteiger partial charge in [-0.25, -0.2) is 4.79 Å². The molecule has 24 heavy (non-hydrogen) atoms. The Bertz CT molecular complexity index is 607. The lowest BCUT2D eigenvalue weighted by Crippen LogP contribution is -2.49. The van der Waals surface area contributed by atoms with Crippen LogP contribution in [0.4, 0.5) is 23.7 Å². The van der Waals surface area contributed by atoms with Crippen LogP contribution in [0.25, 0.3) is 0 Å². The van der Waals surface area contributed by atoms with Crippen molar-refractivity contribution in [1.29, 1.82) is 0 Å². The number of benzene rings is 1. The summed E-state index contributed by atoms with van der Waals surface area (Å²) in [6.07, 6.45) is -2.94. The number of alkyl halides is 3. The summed E-state index contributed by atoms with van der Waals surface area (Å²) in [5.41, 5.74) is 0.175. The van der Waals surface area contributed by atoms with Crippen LogP contribution < -0.4 is 10.1 Å². The van der Waals surface area contributed by atoms with Gasteiger partial charge >= 0.3 is 12.2 Å². The van der Waals surface area contributed by atoms with Gasteiger partial charge < -0.3 is 20.1 Å². The van der Waals surface area contributed by atoms with Crippen LogP contribution in [0.1, 0.15) is 25.3 Å². The number of aliphatic hydroxyl groups excluding tert-OH is 1. The van der Waals surface area contributed by atoms with E-state index in [-0.39, 0.29) is 18.4 Å². The first-order chi connectivity index (χ1) is 11.2. The molecule has 134 valence electrons. The van der Waals surface area contributed by atoms with Crippen molar-refractivity contribution in [1.82, 2.24) is 4.90 Å². The van der Waals surface area contributed by atoms with Gasteiger partial charge in [0.05, 0.1) is 12.1 Å². The highest BCUT2D eigenvalue weighted by Crippen LogP contribution is 2.31. The molecular formula is C16H21F3N2O3. The van der Waals surface area contributed by atoms with Gasteiger partial charge in [0.2, 0.25) is 0 Å². The summed E-state index contributed by atoms with van der Waals surface area (Å²) in [6, 6.07) is 4.15. The third-order valence-corrected chi connectivity index (χ3v) is 4.25. The maximum absolute atomic E-state index is 12.5. The highest BCUT2D eigenvalue weighted by molar-refractivity contribution is 5.91. The molecule has 0 aromatic heterocycles. The number of hydrogen-bond acceptors (Lipinski definition) is 3. The fourth-order valence-corrected chi connectivity index (χ4v) is 2.78. The molecule has 2 amide bonds. The monoisotopic (exact) mass is 346 g/mol. The van der Waals surface area contributed by atoms with Crippen LogP contribution in [-0.4, -0.2) is 47.5 Å². The molecule has 1 aliphatic heterocycles. The Labute approximate surface area is 138 Å². The van der Waals surface area contributed by atoms with Gasteiger partial charge in [0.15, 0.2) is 6.61 Å². The lowest BCUT2D eigenvalue weighted by atomic mass is 10.0. The van der Waals surface area contributed by atoms with Crippen LogP contribution >= 0.6 is 0 Å². The molecule has 0 radical (unpaired) electrons. The summed E-state index contributed by atoms with van der Waals surface area (Å²) in [6.45, 7) is 2.37. The van der Waals surface area contributed by atoms with Gasteiger partial charge in [0, 0.05) is 17.8 Å². The highest BCUT2D eigenvalue weighted by Gasteiger charge is 2.39. The molecule has 5 nitrogen and oxygen atoms in total. The van der Waals surface area contributed by atoms with Crippen molar-refractivity contribution >= 4 is 11.7 Å². The molecule has 1 aromatic carbocycles. The minimum absolute atomic E-state index is 0.0662. The normalized spacial score (nSPS) is 21.0. The van der Waals surface area contributed by atoms with Crippen molar-refractivity contribution in [3.05, 3.63) is 23.8 Å². The first-order valence-electron chi connectivity index (χ1n) is 7.65. The van der Waals surface area contributed by atoms with E-state index in [0.29, 0.717) is 24.2 Å². The van der Waals surface area contributed by atoms with Crippen molar-refractivity contribution in [3.8, 4) is 5.75 Å². The molecule has 8 heteroatoms. The molecule has 1 saturated heterocycles. The van der Waals surface area contributed by atoms with E-state index in [1.807, 2.05) is 0 Å². The fraction of sp³-hybridized carbons (Fsp3) is 0.562. The summed E-state index contributed by atoms with van der Waals surface area (Å²) >= 11 is 0. The van der Waals surface area contributed by atoms with Gasteiger partial charge in [0.25, 0.3) is 0 Å². The zero-order valence-corrected chi connectivity index (χ0v) is 13.6. The number of amides is 2. The molecule has 1 atom stereocenters. The van der Waals surface area contributed by atoms with Gasteiger partial charge in [0.1, 0.15) is 5.75 Å². The molecule has 2 N–H and O–H groups in total. The van der Waals surface area contributed by atoms with Crippen molar-refractivity contribution in [2.24, 2.45) is 0 Å². The summed E-state index contributed by atoms with van der Waals surface area (Å²) < 4.78 is 41.6. The second-order valence-electron chi connectivity index (χ2n) is 6.17. The van der Waals surface area contributed by atoms with E-state index < -0.39 is 18.3 Å². The van der Waals surface area contributed by atoms with E-state index in [4.69, 9.17) is 4.74 Å².